The SMILES string of the molecule is COCCN(CCOC)c1nc(CN)co1. The summed E-state index contributed by atoms with van der Waals surface area (Å²) >= 11 is 0. The Kier molecular flexibility index (Phi) is 5.84. The molecule has 1 aromatic heterocycles. The van der Waals surface area contributed by atoms with E-state index in [0.29, 0.717) is 38.9 Å². The van der Waals surface area contributed by atoms with Crippen LogP contribution in [0.1, 0.15) is 5.69 Å². The van der Waals surface area contributed by atoms with Gasteiger partial charge in [-0.05, 0) is 0 Å². The maximum Gasteiger partial charge on any atom is 0.297 e. The lowest BCUT2D eigenvalue weighted by molar-refractivity contribution is 0.188. The molecule has 1 heterocycles. The van der Waals surface area contributed by atoms with Crippen LogP contribution in [0.4, 0.5) is 6.01 Å². The van der Waals surface area contributed by atoms with E-state index in [1.54, 1.807) is 20.5 Å². The van der Waals surface area contributed by atoms with Crippen LogP contribution < -0.4 is 10.6 Å². The van der Waals surface area contributed by atoms with Crippen LogP contribution >= 0.6 is 0 Å². The average molecular weight is 229 g/mol. The number of hydrogen-bond donors (Lipinski definition) is 1. The standard InChI is InChI=1S/C10H19N3O3/c1-14-5-3-13(4-6-15-2)10-12-9(7-11)8-16-10/h8H,3-7,11H2,1-2H3. The average Bonchev–Trinajstić information content (AvgIpc) is 2.78. The summed E-state index contributed by atoms with van der Waals surface area (Å²) < 4.78 is 15.4. The van der Waals surface area contributed by atoms with Crippen LogP contribution in [0.2, 0.25) is 0 Å². The molecule has 0 saturated carbocycles. The molecule has 0 spiro atoms. The van der Waals surface area contributed by atoms with Crippen LogP contribution in [0, 0.1) is 0 Å². The molecule has 92 valence electrons. The summed E-state index contributed by atoms with van der Waals surface area (Å²) in [5.41, 5.74) is 6.22. The number of ether oxygens (including phenoxy) is 2. The zero-order valence-electron chi connectivity index (χ0n) is 9.81. The van der Waals surface area contributed by atoms with Crippen molar-refractivity contribution >= 4 is 6.01 Å². The zero-order valence-corrected chi connectivity index (χ0v) is 9.81. The van der Waals surface area contributed by atoms with Crippen LogP contribution in [0.15, 0.2) is 10.7 Å². The lowest BCUT2D eigenvalue weighted by Crippen LogP contribution is -2.30. The van der Waals surface area contributed by atoms with Gasteiger partial charge in [-0.1, -0.05) is 0 Å². The minimum absolute atomic E-state index is 0.381. The van der Waals surface area contributed by atoms with E-state index in [4.69, 9.17) is 19.6 Å². The Morgan fingerprint density at radius 3 is 2.38 bits per heavy atom. The van der Waals surface area contributed by atoms with Crippen molar-refractivity contribution in [2.24, 2.45) is 5.73 Å². The number of rotatable bonds is 8. The number of nitrogens with two attached hydrogens (primary N) is 1. The van der Waals surface area contributed by atoms with Crippen molar-refractivity contribution in [1.82, 2.24) is 4.98 Å². The van der Waals surface area contributed by atoms with Crippen molar-refractivity contribution in [2.75, 3.05) is 45.4 Å². The Labute approximate surface area is 95.3 Å². The topological polar surface area (TPSA) is 73.8 Å². The molecule has 1 aromatic rings. The Morgan fingerprint density at radius 1 is 1.31 bits per heavy atom. The van der Waals surface area contributed by atoms with Crippen molar-refractivity contribution in [3.63, 3.8) is 0 Å². The second-order valence-corrected chi connectivity index (χ2v) is 3.30. The lowest BCUT2D eigenvalue weighted by Gasteiger charge is -2.19. The molecule has 0 unspecified atom stereocenters. The van der Waals surface area contributed by atoms with E-state index in [-0.39, 0.29) is 0 Å². The lowest BCUT2D eigenvalue weighted by atomic mass is 10.5. The molecular weight excluding hydrogens is 210 g/mol. The summed E-state index contributed by atoms with van der Waals surface area (Å²) in [5.74, 6) is 0. The van der Waals surface area contributed by atoms with Gasteiger partial charge in [0.25, 0.3) is 6.01 Å². The molecule has 6 nitrogen and oxygen atoms in total. The van der Waals surface area contributed by atoms with Gasteiger partial charge in [-0.15, -0.1) is 0 Å². The zero-order chi connectivity index (χ0) is 11.8. The molecule has 2 N–H and O–H groups in total. The monoisotopic (exact) mass is 229 g/mol. The van der Waals surface area contributed by atoms with Gasteiger partial charge in [0.2, 0.25) is 0 Å². The maximum atomic E-state index is 5.47. The number of hydrogen-bond acceptors (Lipinski definition) is 6. The molecule has 0 saturated heterocycles. The fraction of sp³-hybridized carbons (Fsp3) is 0.700. The van der Waals surface area contributed by atoms with Gasteiger partial charge in [-0.2, -0.15) is 4.98 Å². The van der Waals surface area contributed by atoms with Crippen molar-refractivity contribution in [3.8, 4) is 0 Å². The van der Waals surface area contributed by atoms with Gasteiger partial charge in [0.05, 0.1) is 18.9 Å². The number of aromatic nitrogens is 1. The number of oxazole rings is 1. The first-order chi connectivity index (χ1) is 7.81. The normalized spacial score (nSPS) is 10.7. The summed E-state index contributed by atoms with van der Waals surface area (Å²) in [6, 6.07) is 0.564. The van der Waals surface area contributed by atoms with E-state index in [1.807, 2.05) is 4.90 Å². The van der Waals surface area contributed by atoms with Crippen molar-refractivity contribution in [2.45, 2.75) is 6.54 Å². The van der Waals surface area contributed by atoms with Gasteiger partial charge < -0.3 is 24.5 Å². The van der Waals surface area contributed by atoms with Crippen molar-refractivity contribution in [3.05, 3.63) is 12.0 Å². The van der Waals surface area contributed by atoms with Gasteiger partial charge in [-0.3, -0.25) is 0 Å². The predicted octanol–water partition coefficient (Wildman–Crippen LogP) is 0.233. The second-order valence-electron chi connectivity index (χ2n) is 3.30. The van der Waals surface area contributed by atoms with Crippen LogP contribution in [0.3, 0.4) is 0 Å². The molecule has 16 heavy (non-hydrogen) atoms. The van der Waals surface area contributed by atoms with Gasteiger partial charge in [0, 0.05) is 33.9 Å². The summed E-state index contributed by atoms with van der Waals surface area (Å²) in [5, 5.41) is 0. The highest BCUT2D eigenvalue weighted by Gasteiger charge is 2.12. The van der Waals surface area contributed by atoms with Gasteiger partial charge in [0.1, 0.15) is 6.26 Å². The fourth-order valence-corrected chi connectivity index (χ4v) is 1.24. The van der Waals surface area contributed by atoms with Gasteiger partial charge in [0.15, 0.2) is 0 Å². The number of anilines is 1. The molecule has 0 aromatic carbocycles. The summed E-state index contributed by atoms with van der Waals surface area (Å²) in [6.07, 6.45) is 1.57. The predicted molar refractivity (Wildman–Crippen MR) is 60.4 cm³/mol. The third kappa shape index (κ3) is 3.80. The third-order valence-corrected chi connectivity index (χ3v) is 2.15. The molecular formula is C10H19N3O3. The molecule has 0 aliphatic rings. The van der Waals surface area contributed by atoms with Crippen molar-refractivity contribution in [1.29, 1.82) is 0 Å². The highest BCUT2D eigenvalue weighted by molar-refractivity contribution is 5.26. The minimum Gasteiger partial charge on any atom is -0.432 e. The molecule has 0 fully saturated rings. The highest BCUT2D eigenvalue weighted by Crippen LogP contribution is 2.12. The Bertz CT molecular complexity index is 283. The molecule has 0 aliphatic heterocycles. The van der Waals surface area contributed by atoms with Gasteiger partial charge in [-0.25, -0.2) is 0 Å². The second kappa shape index (κ2) is 7.21. The Hall–Kier alpha value is -1.11. The van der Waals surface area contributed by atoms with E-state index >= 15 is 0 Å². The van der Waals surface area contributed by atoms with Crippen LogP contribution in [0.25, 0.3) is 0 Å². The minimum atomic E-state index is 0.381. The molecule has 0 radical (unpaired) electrons. The van der Waals surface area contributed by atoms with E-state index in [2.05, 4.69) is 4.98 Å². The summed E-state index contributed by atoms with van der Waals surface area (Å²) in [6.45, 7) is 3.04. The van der Waals surface area contributed by atoms with E-state index in [1.165, 1.54) is 0 Å². The molecule has 0 aliphatic carbocycles. The number of nitrogens with zero attached hydrogens (tertiary/aromatic N) is 2. The smallest absolute Gasteiger partial charge is 0.297 e. The van der Waals surface area contributed by atoms with Crippen molar-refractivity contribution < 1.29 is 13.9 Å². The van der Waals surface area contributed by atoms with E-state index in [0.717, 1.165) is 5.69 Å². The Morgan fingerprint density at radius 2 is 1.94 bits per heavy atom. The van der Waals surface area contributed by atoms with Gasteiger partial charge >= 0.3 is 0 Å². The molecule has 0 amide bonds. The molecule has 0 atom stereocenters. The maximum absolute atomic E-state index is 5.47. The third-order valence-electron chi connectivity index (χ3n) is 2.15. The highest BCUT2D eigenvalue weighted by atomic mass is 16.5. The number of methoxy groups -OCH3 is 2. The first-order valence-corrected chi connectivity index (χ1v) is 5.19. The summed E-state index contributed by atoms with van der Waals surface area (Å²) in [4.78, 5) is 6.22. The van der Waals surface area contributed by atoms with Crippen LogP contribution in [0.5, 0.6) is 0 Å². The quantitative estimate of drug-likeness (QED) is 0.688. The van der Waals surface area contributed by atoms with Crippen LogP contribution in [-0.2, 0) is 16.0 Å². The Balaban J connectivity index is 2.58. The fourth-order valence-electron chi connectivity index (χ4n) is 1.24. The molecule has 0 bridgehead atoms. The van der Waals surface area contributed by atoms with Crippen LogP contribution in [-0.4, -0.2) is 45.5 Å². The molecule has 1 rings (SSSR count). The first-order valence-electron chi connectivity index (χ1n) is 5.19. The largest absolute Gasteiger partial charge is 0.432 e. The summed E-state index contributed by atoms with van der Waals surface area (Å²) in [7, 11) is 3.32. The van der Waals surface area contributed by atoms with E-state index in [9.17, 15) is 0 Å². The van der Waals surface area contributed by atoms with E-state index < -0.39 is 0 Å². The molecule has 6 heteroatoms. The first kappa shape index (κ1) is 13.0.